The van der Waals surface area contributed by atoms with Crippen LogP contribution in [0.2, 0.25) is 0 Å². The Kier molecular flexibility index (Phi) is 3.74. The van der Waals surface area contributed by atoms with Crippen molar-refractivity contribution in [1.29, 1.82) is 0 Å². The molecule has 3 rings (SSSR count). The summed E-state index contributed by atoms with van der Waals surface area (Å²) in [6.07, 6.45) is 0. The zero-order valence-corrected chi connectivity index (χ0v) is 11.8. The average molecular weight is 297 g/mol. The van der Waals surface area contributed by atoms with Gasteiger partial charge < -0.3 is 10.6 Å². The number of imide groups is 1. The zero-order valence-electron chi connectivity index (χ0n) is 11.8. The maximum atomic E-state index is 12.3. The SMILES string of the molecule is O=C(NCCN1C(=O)CNC1=O)c1cccc2ccccc12. The number of hydrogen-bond donors (Lipinski definition) is 2. The van der Waals surface area contributed by atoms with Gasteiger partial charge in [-0.25, -0.2) is 4.79 Å². The highest BCUT2D eigenvalue weighted by atomic mass is 16.2. The Bertz CT molecular complexity index is 736. The van der Waals surface area contributed by atoms with Crippen LogP contribution in [-0.2, 0) is 4.79 Å². The number of urea groups is 1. The molecule has 1 aliphatic rings. The summed E-state index contributed by atoms with van der Waals surface area (Å²) in [5, 5.41) is 7.05. The second-order valence-corrected chi connectivity index (χ2v) is 4.99. The molecule has 0 aromatic heterocycles. The number of fused-ring (bicyclic) bond motifs is 1. The Morgan fingerprint density at radius 3 is 2.68 bits per heavy atom. The maximum absolute atomic E-state index is 12.3. The Morgan fingerprint density at radius 2 is 1.91 bits per heavy atom. The van der Waals surface area contributed by atoms with Crippen LogP contribution in [-0.4, -0.2) is 42.4 Å². The summed E-state index contributed by atoms with van der Waals surface area (Å²) in [6.45, 7) is 0.415. The minimum Gasteiger partial charge on any atom is -0.350 e. The maximum Gasteiger partial charge on any atom is 0.324 e. The Balaban J connectivity index is 1.67. The van der Waals surface area contributed by atoms with Crippen molar-refractivity contribution in [2.24, 2.45) is 0 Å². The summed E-state index contributed by atoms with van der Waals surface area (Å²) in [6, 6.07) is 12.7. The van der Waals surface area contributed by atoms with Gasteiger partial charge in [-0.1, -0.05) is 36.4 Å². The van der Waals surface area contributed by atoms with Crippen molar-refractivity contribution in [3.05, 3.63) is 48.0 Å². The second kappa shape index (κ2) is 5.85. The van der Waals surface area contributed by atoms with Gasteiger partial charge in [0.1, 0.15) is 0 Å². The molecule has 2 aromatic carbocycles. The van der Waals surface area contributed by atoms with Gasteiger partial charge in [0.25, 0.3) is 5.91 Å². The normalized spacial score (nSPS) is 14.3. The average Bonchev–Trinajstić information content (AvgIpc) is 2.86. The molecule has 1 aliphatic heterocycles. The molecule has 0 aliphatic carbocycles. The molecule has 0 spiro atoms. The molecule has 0 radical (unpaired) electrons. The number of carbonyl (C=O) groups excluding carboxylic acids is 3. The van der Waals surface area contributed by atoms with Gasteiger partial charge in [0.2, 0.25) is 5.91 Å². The fourth-order valence-corrected chi connectivity index (χ4v) is 2.48. The summed E-state index contributed by atoms with van der Waals surface area (Å²) < 4.78 is 0. The molecular weight excluding hydrogens is 282 g/mol. The van der Waals surface area contributed by atoms with Gasteiger partial charge in [-0.2, -0.15) is 0 Å². The van der Waals surface area contributed by atoms with E-state index in [1.54, 1.807) is 6.07 Å². The molecule has 6 nitrogen and oxygen atoms in total. The van der Waals surface area contributed by atoms with Gasteiger partial charge in [0, 0.05) is 18.7 Å². The van der Waals surface area contributed by atoms with Crippen molar-refractivity contribution < 1.29 is 14.4 Å². The first-order valence-corrected chi connectivity index (χ1v) is 7.01. The molecule has 1 heterocycles. The standard InChI is InChI=1S/C16H15N3O3/c20-14-10-18-16(22)19(14)9-8-17-15(21)13-7-3-5-11-4-1-2-6-12(11)13/h1-7H,8-10H2,(H,17,21)(H,18,22). The van der Waals surface area contributed by atoms with E-state index >= 15 is 0 Å². The number of benzene rings is 2. The van der Waals surface area contributed by atoms with Crippen LogP contribution in [0.5, 0.6) is 0 Å². The Labute approximate surface area is 127 Å². The quantitative estimate of drug-likeness (QED) is 0.830. The molecule has 1 saturated heterocycles. The van der Waals surface area contributed by atoms with Gasteiger partial charge in [0.15, 0.2) is 0 Å². The van der Waals surface area contributed by atoms with Crippen LogP contribution in [0.15, 0.2) is 42.5 Å². The first kappa shape index (κ1) is 14.1. The van der Waals surface area contributed by atoms with Crippen molar-refractivity contribution in [1.82, 2.24) is 15.5 Å². The molecule has 1 fully saturated rings. The molecule has 0 bridgehead atoms. The molecule has 22 heavy (non-hydrogen) atoms. The first-order chi connectivity index (χ1) is 10.7. The smallest absolute Gasteiger partial charge is 0.324 e. The summed E-state index contributed by atoms with van der Waals surface area (Å²) in [5.41, 5.74) is 0.579. The lowest BCUT2D eigenvalue weighted by molar-refractivity contribution is -0.124. The van der Waals surface area contributed by atoms with Crippen LogP contribution in [0, 0.1) is 0 Å². The van der Waals surface area contributed by atoms with E-state index in [9.17, 15) is 14.4 Å². The number of nitrogens with one attached hydrogen (secondary N) is 2. The number of nitrogens with zero attached hydrogens (tertiary/aromatic N) is 1. The van der Waals surface area contributed by atoms with E-state index in [0.29, 0.717) is 5.56 Å². The van der Waals surface area contributed by atoms with E-state index in [4.69, 9.17) is 0 Å². The van der Waals surface area contributed by atoms with Crippen LogP contribution in [0.1, 0.15) is 10.4 Å². The van der Waals surface area contributed by atoms with Crippen LogP contribution >= 0.6 is 0 Å². The number of hydrogen-bond acceptors (Lipinski definition) is 3. The monoisotopic (exact) mass is 297 g/mol. The number of carbonyl (C=O) groups is 3. The first-order valence-electron chi connectivity index (χ1n) is 7.01. The molecule has 4 amide bonds. The molecule has 0 atom stereocenters. The van der Waals surface area contributed by atoms with Crippen LogP contribution in [0.3, 0.4) is 0 Å². The van der Waals surface area contributed by atoms with E-state index < -0.39 is 6.03 Å². The zero-order chi connectivity index (χ0) is 15.5. The van der Waals surface area contributed by atoms with Crippen LogP contribution in [0.25, 0.3) is 10.8 Å². The molecule has 0 unspecified atom stereocenters. The van der Waals surface area contributed by atoms with Crippen LogP contribution < -0.4 is 10.6 Å². The lowest BCUT2D eigenvalue weighted by atomic mass is 10.0. The molecule has 2 aromatic rings. The summed E-state index contributed by atoms with van der Waals surface area (Å²) in [5.74, 6) is -0.492. The number of rotatable bonds is 4. The number of amides is 4. The van der Waals surface area contributed by atoms with Crippen LogP contribution in [0.4, 0.5) is 4.79 Å². The summed E-state index contributed by atoms with van der Waals surface area (Å²) >= 11 is 0. The third-order valence-corrected chi connectivity index (χ3v) is 3.59. The largest absolute Gasteiger partial charge is 0.350 e. The van der Waals surface area contributed by atoms with Gasteiger partial charge in [-0.3, -0.25) is 14.5 Å². The van der Waals surface area contributed by atoms with Crippen molar-refractivity contribution in [3.63, 3.8) is 0 Å². The van der Waals surface area contributed by atoms with Crippen molar-refractivity contribution >= 4 is 28.6 Å². The molecular formula is C16H15N3O3. The lowest BCUT2D eigenvalue weighted by Gasteiger charge is -2.13. The van der Waals surface area contributed by atoms with E-state index in [0.717, 1.165) is 15.7 Å². The van der Waals surface area contributed by atoms with Crippen molar-refractivity contribution in [2.75, 3.05) is 19.6 Å². The molecule has 2 N–H and O–H groups in total. The van der Waals surface area contributed by atoms with E-state index in [1.807, 2.05) is 36.4 Å². The van der Waals surface area contributed by atoms with Gasteiger partial charge in [-0.15, -0.1) is 0 Å². The summed E-state index contributed by atoms with van der Waals surface area (Å²) in [7, 11) is 0. The molecule has 0 saturated carbocycles. The minimum absolute atomic E-state index is 0.0239. The highest BCUT2D eigenvalue weighted by Crippen LogP contribution is 2.18. The minimum atomic E-state index is -0.413. The third kappa shape index (κ3) is 2.63. The highest BCUT2D eigenvalue weighted by molar-refractivity contribution is 6.07. The van der Waals surface area contributed by atoms with Gasteiger partial charge in [0.05, 0.1) is 6.54 Å². The molecule has 112 valence electrons. The third-order valence-electron chi connectivity index (χ3n) is 3.59. The summed E-state index contributed by atoms with van der Waals surface area (Å²) in [4.78, 5) is 36.2. The Hall–Kier alpha value is -2.89. The molecule has 6 heteroatoms. The topological polar surface area (TPSA) is 78.5 Å². The van der Waals surface area contributed by atoms with Gasteiger partial charge in [-0.05, 0) is 16.8 Å². The van der Waals surface area contributed by atoms with Gasteiger partial charge >= 0.3 is 6.03 Å². The van der Waals surface area contributed by atoms with E-state index in [1.165, 1.54) is 0 Å². The van der Waals surface area contributed by atoms with Crippen molar-refractivity contribution in [3.8, 4) is 0 Å². The second-order valence-electron chi connectivity index (χ2n) is 4.99. The predicted octanol–water partition coefficient (Wildman–Crippen LogP) is 1.12. The lowest BCUT2D eigenvalue weighted by Crippen LogP contribution is -2.38. The Morgan fingerprint density at radius 1 is 1.14 bits per heavy atom. The van der Waals surface area contributed by atoms with E-state index in [2.05, 4.69) is 10.6 Å². The fraction of sp³-hybridized carbons (Fsp3) is 0.188. The highest BCUT2D eigenvalue weighted by Gasteiger charge is 2.27. The van der Waals surface area contributed by atoms with Crippen molar-refractivity contribution in [2.45, 2.75) is 0 Å². The predicted molar refractivity (Wildman–Crippen MR) is 81.4 cm³/mol. The fourth-order valence-electron chi connectivity index (χ4n) is 2.48. The van der Waals surface area contributed by atoms with E-state index in [-0.39, 0.29) is 31.4 Å².